The summed E-state index contributed by atoms with van der Waals surface area (Å²) in [6, 6.07) is 2.32. The SMILES string of the molecule is CC(=O)Nc1ccsc1CNCCC(=O)NC1CC1. The molecular weight excluding hydrogens is 262 g/mol. The molecule has 1 saturated carbocycles. The minimum absolute atomic E-state index is 0.0662. The monoisotopic (exact) mass is 281 g/mol. The maximum Gasteiger partial charge on any atom is 0.221 e. The molecule has 0 atom stereocenters. The molecule has 104 valence electrons. The lowest BCUT2D eigenvalue weighted by molar-refractivity contribution is -0.121. The summed E-state index contributed by atoms with van der Waals surface area (Å²) < 4.78 is 0. The largest absolute Gasteiger partial charge is 0.353 e. The second-order valence-corrected chi connectivity index (χ2v) is 5.71. The summed E-state index contributed by atoms with van der Waals surface area (Å²) in [5, 5.41) is 10.9. The van der Waals surface area contributed by atoms with Crippen molar-refractivity contribution in [2.45, 2.75) is 38.8 Å². The molecule has 5 nitrogen and oxygen atoms in total. The Bertz CT molecular complexity index is 454. The molecule has 0 aromatic carbocycles. The van der Waals surface area contributed by atoms with E-state index in [1.54, 1.807) is 11.3 Å². The number of nitrogens with one attached hydrogen (secondary N) is 3. The molecular formula is C13H19N3O2S. The first-order valence-electron chi connectivity index (χ1n) is 6.49. The Labute approximate surface area is 116 Å². The van der Waals surface area contributed by atoms with Crippen LogP contribution in [0.25, 0.3) is 0 Å². The molecule has 1 fully saturated rings. The van der Waals surface area contributed by atoms with Gasteiger partial charge in [0.15, 0.2) is 0 Å². The normalized spacial score (nSPS) is 14.2. The van der Waals surface area contributed by atoms with Crippen LogP contribution in [0.15, 0.2) is 11.4 Å². The van der Waals surface area contributed by atoms with Crippen LogP contribution in [-0.4, -0.2) is 24.4 Å². The van der Waals surface area contributed by atoms with E-state index in [0.717, 1.165) is 23.4 Å². The molecule has 0 spiro atoms. The maximum absolute atomic E-state index is 11.5. The Balaban J connectivity index is 1.65. The molecule has 0 aliphatic heterocycles. The van der Waals surface area contributed by atoms with Crippen LogP contribution in [0, 0.1) is 0 Å². The minimum Gasteiger partial charge on any atom is -0.353 e. The third-order valence-corrected chi connectivity index (χ3v) is 3.73. The highest BCUT2D eigenvalue weighted by molar-refractivity contribution is 7.10. The van der Waals surface area contributed by atoms with Gasteiger partial charge in [0, 0.05) is 37.4 Å². The van der Waals surface area contributed by atoms with Crippen LogP contribution in [0.1, 0.15) is 31.1 Å². The van der Waals surface area contributed by atoms with Crippen molar-refractivity contribution in [3.05, 3.63) is 16.3 Å². The summed E-state index contributed by atoms with van der Waals surface area (Å²) in [4.78, 5) is 23.6. The summed E-state index contributed by atoms with van der Waals surface area (Å²) in [7, 11) is 0. The molecule has 0 unspecified atom stereocenters. The van der Waals surface area contributed by atoms with E-state index >= 15 is 0 Å². The number of thiophene rings is 1. The van der Waals surface area contributed by atoms with Gasteiger partial charge < -0.3 is 16.0 Å². The first-order chi connectivity index (χ1) is 9.15. The minimum atomic E-state index is -0.0662. The van der Waals surface area contributed by atoms with Gasteiger partial charge in [-0.15, -0.1) is 11.3 Å². The van der Waals surface area contributed by atoms with Gasteiger partial charge in [-0.3, -0.25) is 9.59 Å². The van der Waals surface area contributed by atoms with Crippen molar-refractivity contribution in [2.24, 2.45) is 0 Å². The lowest BCUT2D eigenvalue weighted by atomic mass is 10.3. The Morgan fingerprint density at radius 2 is 2.21 bits per heavy atom. The molecule has 0 saturated heterocycles. The highest BCUT2D eigenvalue weighted by atomic mass is 32.1. The third-order valence-electron chi connectivity index (χ3n) is 2.81. The van der Waals surface area contributed by atoms with Crippen molar-refractivity contribution >= 4 is 28.8 Å². The average molecular weight is 281 g/mol. The van der Waals surface area contributed by atoms with Crippen molar-refractivity contribution in [1.82, 2.24) is 10.6 Å². The van der Waals surface area contributed by atoms with E-state index in [0.29, 0.717) is 25.6 Å². The van der Waals surface area contributed by atoms with Gasteiger partial charge in [-0.2, -0.15) is 0 Å². The predicted octanol–water partition coefficient (Wildman–Crippen LogP) is 1.46. The highest BCUT2D eigenvalue weighted by Gasteiger charge is 2.22. The van der Waals surface area contributed by atoms with Crippen LogP contribution in [0.2, 0.25) is 0 Å². The number of anilines is 1. The molecule has 3 N–H and O–H groups in total. The van der Waals surface area contributed by atoms with Crippen molar-refractivity contribution < 1.29 is 9.59 Å². The van der Waals surface area contributed by atoms with Crippen molar-refractivity contribution in [2.75, 3.05) is 11.9 Å². The summed E-state index contributed by atoms with van der Waals surface area (Å²) in [6.45, 7) is 2.82. The van der Waals surface area contributed by atoms with Crippen LogP contribution in [0.3, 0.4) is 0 Å². The lowest BCUT2D eigenvalue weighted by Crippen LogP contribution is -2.29. The number of carbonyl (C=O) groups is 2. The molecule has 1 aromatic heterocycles. The molecule has 0 radical (unpaired) electrons. The molecule has 2 amide bonds. The van der Waals surface area contributed by atoms with Gasteiger partial charge in [0.25, 0.3) is 0 Å². The predicted molar refractivity (Wildman–Crippen MR) is 76.1 cm³/mol. The molecule has 1 aromatic rings. The van der Waals surface area contributed by atoms with Gasteiger partial charge in [-0.1, -0.05) is 0 Å². The second kappa shape index (κ2) is 6.68. The average Bonchev–Trinajstić information content (AvgIpc) is 3.04. The van der Waals surface area contributed by atoms with Crippen LogP contribution >= 0.6 is 11.3 Å². The Kier molecular flexibility index (Phi) is 4.93. The number of rotatable bonds is 7. The van der Waals surface area contributed by atoms with Gasteiger partial charge in [-0.05, 0) is 24.3 Å². The van der Waals surface area contributed by atoms with Gasteiger partial charge in [0.1, 0.15) is 0 Å². The van der Waals surface area contributed by atoms with E-state index < -0.39 is 0 Å². The van der Waals surface area contributed by atoms with E-state index in [2.05, 4.69) is 16.0 Å². The summed E-state index contributed by atoms with van der Waals surface area (Å²) >= 11 is 1.59. The lowest BCUT2D eigenvalue weighted by Gasteiger charge is -2.07. The third kappa shape index (κ3) is 5.00. The zero-order chi connectivity index (χ0) is 13.7. The quantitative estimate of drug-likeness (QED) is 0.663. The van der Waals surface area contributed by atoms with E-state index in [4.69, 9.17) is 0 Å². The van der Waals surface area contributed by atoms with Gasteiger partial charge in [0.05, 0.1) is 5.69 Å². The summed E-state index contributed by atoms with van der Waals surface area (Å²) in [5.41, 5.74) is 0.854. The number of amides is 2. The molecule has 1 heterocycles. The van der Waals surface area contributed by atoms with Crippen LogP contribution in [0.4, 0.5) is 5.69 Å². The number of carbonyl (C=O) groups excluding carboxylic acids is 2. The standard InChI is InChI=1S/C13H19N3O2S/c1-9(17)15-11-5-7-19-12(11)8-14-6-4-13(18)16-10-2-3-10/h5,7,10,14H,2-4,6,8H2,1H3,(H,15,17)(H,16,18). The molecule has 2 rings (SSSR count). The Morgan fingerprint density at radius 1 is 1.42 bits per heavy atom. The van der Waals surface area contributed by atoms with Gasteiger partial charge in [-0.25, -0.2) is 0 Å². The number of hydrogen-bond acceptors (Lipinski definition) is 4. The topological polar surface area (TPSA) is 70.2 Å². The Morgan fingerprint density at radius 3 is 2.89 bits per heavy atom. The first-order valence-corrected chi connectivity index (χ1v) is 7.37. The summed E-state index contributed by atoms with van der Waals surface area (Å²) in [5.74, 6) is 0.0479. The van der Waals surface area contributed by atoms with Gasteiger partial charge >= 0.3 is 0 Å². The van der Waals surface area contributed by atoms with Gasteiger partial charge in [0.2, 0.25) is 11.8 Å². The van der Waals surface area contributed by atoms with E-state index in [1.165, 1.54) is 6.92 Å². The van der Waals surface area contributed by atoms with Crippen molar-refractivity contribution in [3.63, 3.8) is 0 Å². The fourth-order valence-corrected chi connectivity index (χ4v) is 2.51. The van der Waals surface area contributed by atoms with E-state index in [1.807, 2.05) is 11.4 Å². The van der Waals surface area contributed by atoms with Crippen LogP contribution in [0.5, 0.6) is 0 Å². The first kappa shape index (κ1) is 14.0. The molecule has 19 heavy (non-hydrogen) atoms. The smallest absolute Gasteiger partial charge is 0.221 e. The maximum atomic E-state index is 11.5. The fraction of sp³-hybridized carbons (Fsp3) is 0.538. The Hall–Kier alpha value is -1.40. The second-order valence-electron chi connectivity index (χ2n) is 4.71. The van der Waals surface area contributed by atoms with Crippen molar-refractivity contribution in [1.29, 1.82) is 0 Å². The molecule has 0 bridgehead atoms. The summed E-state index contributed by atoms with van der Waals surface area (Å²) in [6.07, 6.45) is 2.74. The van der Waals surface area contributed by atoms with E-state index in [9.17, 15) is 9.59 Å². The molecule has 1 aliphatic carbocycles. The van der Waals surface area contributed by atoms with Crippen LogP contribution < -0.4 is 16.0 Å². The van der Waals surface area contributed by atoms with E-state index in [-0.39, 0.29) is 11.8 Å². The fourth-order valence-electron chi connectivity index (χ4n) is 1.71. The van der Waals surface area contributed by atoms with Crippen molar-refractivity contribution in [3.8, 4) is 0 Å². The highest BCUT2D eigenvalue weighted by Crippen LogP contribution is 2.22. The number of hydrogen-bond donors (Lipinski definition) is 3. The zero-order valence-electron chi connectivity index (χ0n) is 11.0. The molecule has 6 heteroatoms. The zero-order valence-corrected chi connectivity index (χ0v) is 11.8. The molecule has 1 aliphatic rings. The van der Waals surface area contributed by atoms with Crippen LogP contribution in [-0.2, 0) is 16.1 Å².